The molecule has 15 heavy (non-hydrogen) atoms. The normalized spacial score (nSPS) is 9.93. The molecule has 0 spiro atoms. The van der Waals surface area contributed by atoms with Crippen molar-refractivity contribution in [2.24, 2.45) is 0 Å². The van der Waals surface area contributed by atoms with E-state index >= 15 is 0 Å². The first kappa shape index (κ1) is 21.9. The molecule has 0 aliphatic heterocycles. The van der Waals surface area contributed by atoms with Gasteiger partial charge in [0.25, 0.3) is 0 Å². The Morgan fingerprint density at radius 1 is 1.00 bits per heavy atom. The second-order valence-electron chi connectivity index (χ2n) is 2.83. The third kappa shape index (κ3) is 49.7. The van der Waals surface area contributed by atoms with E-state index in [-0.39, 0.29) is 51.4 Å². The van der Waals surface area contributed by atoms with Gasteiger partial charge in [-0.25, -0.2) is 4.57 Å². The molecule has 0 aromatic carbocycles. The van der Waals surface area contributed by atoms with Crippen LogP contribution in [0, 0.1) is 0 Å². The third-order valence-electron chi connectivity index (χ3n) is 1.28. The molecular weight excluding hydrogens is 246 g/mol. The molecule has 0 aromatic rings. The van der Waals surface area contributed by atoms with Crippen LogP contribution in [0.15, 0.2) is 0 Å². The number of hydrogen-bond acceptors (Lipinski definition) is 2. The Bertz CT molecular complexity index is 136. The molecular formula is C8H22KO5P. The SMILES string of the molecule is CCCCOCCCC.O=P(O)(O)O.[KH]. The predicted molar refractivity (Wildman–Crippen MR) is 62.0 cm³/mol. The van der Waals surface area contributed by atoms with Crippen LogP contribution in [-0.4, -0.2) is 79.3 Å². The molecule has 0 rings (SSSR count). The van der Waals surface area contributed by atoms with Gasteiger partial charge in [-0.3, -0.25) is 0 Å². The number of hydrogen-bond donors (Lipinski definition) is 3. The average Bonchev–Trinajstić information content (AvgIpc) is 2.01. The number of rotatable bonds is 6. The van der Waals surface area contributed by atoms with Crippen molar-refractivity contribution < 1.29 is 24.0 Å². The van der Waals surface area contributed by atoms with Crippen LogP contribution in [0.4, 0.5) is 0 Å². The van der Waals surface area contributed by atoms with Gasteiger partial charge in [0, 0.05) is 13.2 Å². The van der Waals surface area contributed by atoms with Crippen molar-refractivity contribution in [2.75, 3.05) is 13.2 Å². The summed E-state index contributed by atoms with van der Waals surface area (Å²) in [6, 6.07) is 0. The predicted octanol–water partition coefficient (Wildman–Crippen LogP) is 1.03. The van der Waals surface area contributed by atoms with E-state index in [4.69, 9.17) is 24.0 Å². The molecule has 0 aliphatic carbocycles. The topological polar surface area (TPSA) is 87.0 Å². The summed E-state index contributed by atoms with van der Waals surface area (Å²) in [6.45, 7) is 6.28. The summed E-state index contributed by atoms with van der Waals surface area (Å²) < 4.78 is 14.2. The number of ether oxygens (including phenoxy) is 1. The summed E-state index contributed by atoms with van der Waals surface area (Å²) in [5.41, 5.74) is 0. The minimum absolute atomic E-state index is 0. The molecule has 7 heteroatoms. The Morgan fingerprint density at radius 3 is 1.47 bits per heavy atom. The summed E-state index contributed by atoms with van der Waals surface area (Å²) in [6.07, 6.45) is 4.91. The van der Waals surface area contributed by atoms with Crippen molar-refractivity contribution in [3.8, 4) is 0 Å². The maximum atomic E-state index is 8.88. The Morgan fingerprint density at radius 2 is 1.27 bits per heavy atom. The number of unbranched alkanes of at least 4 members (excludes halogenated alkanes) is 2. The van der Waals surface area contributed by atoms with Gasteiger partial charge in [-0.2, -0.15) is 0 Å². The van der Waals surface area contributed by atoms with E-state index in [1.54, 1.807) is 0 Å². The van der Waals surface area contributed by atoms with Gasteiger partial charge in [0.2, 0.25) is 0 Å². The first-order valence-corrected chi connectivity index (χ1v) is 6.34. The Hall–Kier alpha value is 1.71. The van der Waals surface area contributed by atoms with Gasteiger partial charge in [0.15, 0.2) is 0 Å². The molecule has 0 atom stereocenters. The quantitative estimate of drug-likeness (QED) is 0.380. The molecule has 0 aromatic heterocycles. The van der Waals surface area contributed by atoms with Crippen molar-refractivity contribution in [3.63, 3.8) is 0 Å². The molecule has 0 aliphatic rings. The summed E-state index contributed by atoms with van der Waals surface area (Å²) in [4.78, 5) is 21.6. The van der Waals surface area contributed by atoms with E-state index in [1.807, 2.05) is 0 Å². The first-order valence-electron chi connectivity index (χ1n) is 4.77. The van der Waals surface area contributed by atoms with Gasteiger partial charge in [0.05, 0.1) is 0 Å². The van der Waals surface area contributed by atoms with Gasteiger partial charge < -0.3 is 19.4 Å². The molecule has 0 bridgehead atoms. The van der Waals surface area contributed by atoms with Crippen LogP contribution in [0.2, 0.25) is 0 Å². The van der Waals surface area contributed by atoms with Crippen molar-refractivity contribution in [2.45, 2.75) is 39.5 Å². The molecule has 0 saturated heterocycles. The van der Waals surface area contributed by atoms with Crippen LogP contribution < -0.4 is 0 Å². The fraction of sp³-hybridized carbons (Fsp3) is 1.00. The van der Waals surface area contributed by atoms with E-state index in [0.717, 1.165) is 13.2 Å². The van der Waals surface area contributed by atoms with Crippen LogP contribution >= 0.6 is 7.82 Å². The van der Waals surface area contributed by atoms with Crippen LogP contribution in [0.25, 0.3) is 0 Å². The Balaban J connectivity index is -0.000000208. The second kappa shape index (κ2) is 15.7. The van der Waals surface area contributed by atoms with Gasteiger partial charge in [-0.15, -0.1) is 0 Å². The van der Waals surface area contributed by atoms with Crippen LogP contribution in [-0.2, 0) is 9.30 Å². The van der Waals surface area contributed by atoms with Gasteiger partial charge in [-0.1, -0.05) is 26.7 Å². The molecule has 0 fully saturated rings. The molecule has 0 unspecified atom stereocenters. The number of phosphoric acid groups is 1. The van der Waals surface area contributed by atoms with E-state index < -0.39 is 7.82 Å². The van der Waals surface area contributed by atoms with Gasteiger partial charge >= 0.3 is 59.2 Å². The zero-order valence-corrected chi connectivity index (χ0v) is 9.74. The fourth-order valence-electron chi connectivity index (χ4n) is 0.595. The Kier molecular flexibility index (Phi) is 23.0. The fourth-order valence-corrected chi connectivity index (χ4v) is 0.595. The molecule has 0 saturated carbocycles. The summed E-state index contributed by atoms with van der Waals surface area (Å²) in [7, 11) is -4.64. The van der Waals surface area contributed by atoms with Gasteiger partial charge in [-0.05, 0) is 12.8 Å². The molecule has 0 amide bonds. The summed E-state index contributed by atoms with van der Waals surface area (Å²) in [5.74, 6) is 0. The van der Waals surface area contributed by atoms with Crippen molar-refractivity contribution in [1.82, 2.24) is 0 Å². The molecule has 3 N–H and O–H groups in total. The van der Waals surface area contributed by atoms with Crippen LogP contribution in [0.5, 0.6) is 0 Å². The summed E-state index contributed by atoms with van der Waals surface area (Å²) >= 11 is 0. The van der Waals surface area contributed by atoms with Crippen LogP contribution in [0.3, 0.4) is 0 Å². The zero-order chi connectivity index (χ0) is 11.4. The van der Waals surface area contributed by atoms with Gasteiger partial charge in [0.1, 0.15) is 0 Å². The first-order chi connectivity index (χ1) is 6.41. The van der Waals surface area contributed by atoms with Crippen molar-refractivity contribution in [3.05, 3.63) is 0 Å². The van der Waals surface area contributed by atoms with E-state index in [0.29, 0.717) is 0 Å². The molecule has 90 valence electrons. The Labute approximate surface area is 134 Å². The molecule has 0 heterocycles. The van der Waals surface area contributed by atoms with E-state index in [2.05, 4.69) is 13.8 Å². The second-order valence-corrected chi connectivity index (χ2v) is 3.86. The summed E-state index contributed by atoms with van der Waals surface area (Å²) in [5, 5.41) is 0. The molecule has 5 nitrogen and oxygen atoms in total. The zero-order valence-electron chi connectivity index (χ0n) is 8.85. The average molecular weight is 268 g/mol. The van der Waals surface area contributed by atoms with E-state index in [9.17, 15) is 0 Å². The van der Waals surface area contributed by atoms with Crippen molar-refractivity contribution >= 4 is 59.2 Å². The maximum absolute atomic E-state index is 8.88. The van der Waals surface area contributed by atoms with Crippen molar-refractivity contribution in [1.29, 1.82) is 0 Å². The molecule has 0 radical (unpaired) electrons. The third-order valence-corrected chi connectivity index (χ3v) is 1.28. The standard InChI is InChI=1S/C8H18O.K.H3O4P.H/c1-3-5-7-9-8-6-4-2;;1-5(2,3)4;/h3-8H2,1-2H3;;(H3,1,2,3,4);. The monoisotopic (exact) mass is 268 g/mol. The van der Waals surface area contributed by atoms with Crippen LogP contribution in [0.1, 0.15) is 39.5 Å². The minimum atomic E-state index is -4.64. The van der Waals surface area contributed by atoms with E-state index in [1.165, 1.54) is 25.7 Å².